The first-order valence-corrected chi connectivity index (χ1v) is 7.04. The van der Waals surface area contributed by atoms with Crippen LogP contribution in [0.5, 0.6) is 0 Å². The molecule has 0 aliphatic carbocycles. The summed E-state index contributed by atoms with van der Waals surface area (Å²) in [7, 11) is 0. The Hall–Kier alpha value is -2.36. The third kappa shape index (κ3) is 3.21. The first kappa shape index (κ1) is 15.0. The van der Waals surface area contributed by atoms with Crippen LogP contribution in [-0.2, 0) is 12.8 Å². The van der Waals surface area contributed by atoms with Crippen molar-refractivity contribution in [2.45, 2.75) is 26.7 Å². The zero-order valence-electron chi connectivity index (χ0n) is 12.2. The van der Waals surface area contributed by atoms with E-state index in [1.807, 2.05) is 32.0 Å². The zero-order chi connectivity index (χ0) is 15.4. The maximum Gasteiger partial charge on any atom is 0.255 e. The molecule has 2 rings (SSSR count). The number of benzene rings is 2. The number of rotatable bonds is 4. The van der Waals surface area contributed by atoms with Gasteiger partial charge in [0.1, 0.15) is 5.82 Å². The van der Waals surface area contributed by atoms with Crippen LogP contribution in [0.2, 0.25) is 0 Å². The number of nitrogen functional groups attached to an aromatic ring is 1. The summed E-state index contributed by atoms with van der Waals surface area (Å²) in [4.78, 5) is 12.3. The van der Waals surface area contributed by atoms with Gasteiger partial charge in [-0.1, -0.05) is 32.0 Å². The Balaban J connectivity index is 2.33. The molecule has 0 fully saturated rings. The Morgan fingerprint density at radius 3 is 2.29 bits per heavy atom. The molecule has 2 aromatic rings. The number of carbonyl (C=O) groups is 1. The second kappa shape index (κ2) is 6.39. The average molecular weight is 286 g/mol. The largest absolute Gasteiger partial charge is 0.396 e. The lowest BCUT2D eigenvalue weighted by Crippen LogP contribution is -2.15. The topological polar surface area (TPSA) is 55.1 Å². The van der Waals surface area contributed by atoms with Gasteiger partial charge in [-0.2, -0.15) is 0 Å². The summed E-state index contributed by atoms with van der Waals surface area (Å²) in [6.07, 6.45) is 1.64. The van der Waals surface area contributed by atoms with Crippen LogP contribution in [0.1, 0.15) is 35.3 Å². The van der Waals surface area contributed by atoms with Crippen molar-refractivity contribution in [2.75, 3.05) is 11.1 Å². The Bertz CT molecular complexity index is 646. The van der Waals surface area contributed by atoms with Gasteiger partial charge in [0.05, 0.1) is 5.69 Å². The van der Waals surface area contributed by atoms with E-state index >= 15 is 0 Å². The molecule has 3 N–H and O–H groups in total. The van der Waals surface area contributed by atoms with Crippen molar-refractivity contribution in [2.24, 2.45) is 0 Å². The molecule has 0 saturated heterocycles. The predicted octanol–water partition coefficient (Wildman–Crippen LogP) is 3.79. The molecule has 0 aliphatic rings. The van der Waals surface area contributed by atoms with Crippen LogP contribution >= 0.6 is 0 Å². The van der Waals surface area contributed by atoms with Crippen molar-refractivity contribution in [1.29, 1.82) is 0 Å². The van der Waals surface area contributed by atoms with Crippen molar-refractivity contribution < 1.29 is 9.18 Å². The van der Waals surface area contributed by atoms with Crippen molar-refractivity contribution in [1.82, 2.24) is 0 Å². The smallest absolute Gasteiger partial charge is 0.255 e. The third-order valence-corrected chi connectivity index (χ3v) is 3.50. The SMILES string of the molecule is CCc1cccc(CC)c1NC(=O)c1ccc(N)c(F)c1. The molecule has 0 bridgehead atoms. The molecule has 0 aliphatic heterocycles. The van der Waals surface area contributed by atoms with Crippen LogP contribution in [0.3, 0.4) is 0 Å². The van der Waals surface area contributed by atoms with Crippen LogP contribution in [0.15, 0.2) is 36.4 Å². The van der Waals surface area contributed by atoms with Crippen molar-refractivity contribution in [3.05, 3.63) is 58.9 Å². The molecule has 3 nitrogen and oxygen atoms in total. The summed E-state index contributed by atoms with van der Waals surface area (Å²) in [5, 5.41) is 2.90. The van der Waals surface area contributed by atoms with Crippen LogP contribution in [0.4, 0.5) is 15.8 Å². The molecule has 2 aromatic carbocycles. The summed E-state index contributed by atoms with van der Waals surface area (Å²) >= 11 is 0. The van der Waals surface area contributed by atoms with Gasteiger partial charge >= 0.3 is 0 Å². The Morgan fingerprint density at radius 2 is 1.76 bits per heavy atom. The predicted molar refractivity (Wildman–Crippen MR) is 84.0 cm³/mol. The molecule has 0 aromatic heterocycles. The minimum Gasteiger partial charge on any atom is -0.396 e. The van der Waals surface area contributed by atoms with E-state index in [2.05, 4.69) is 5.32 Å². The molecule has 0 saturated carbocycles. The van der Waals surface area contributed by atoms with Gasteiger partial charge in [-0.15, -0.1) is 0 Å². The number of amides is 1. The number of carbonyl (C=O) groups excluding carboxylic acids is 1. The summed E-state index contributed by atoms with van der Waals surface area (Å²) in [5.41, 5.74) is 8.68. The monoisotopic (exact) mass is 286 g/mol. The molecule has 0 radical (unpaired) electrons. The molecular weight excluding hydrogens is 267 g/mol. The normalized spacial score (nSPS) is 10.4. The van der Waals surface area contributed by atoms with Crippen molar-refractivity contribution >= 4 is 17.3 Å². The van der Waals surface area contributed by atoms with E-state index in [0.29, 0.717) is 0 Å². The molecule has 0 atom stereocenters. The van der Waals surface area contributed by atoms with Crippen LogP contribution in [-0.4, -0.2) is 5.91 Å². The first-order chi connectivity index (χ1) is 10.1. The second-order valence-electron chi connectivity index (χ2n) is 4.85. The van der Waals surface area contributed by atoms with Gasteiger partial charge in [0, 0.05) is 11.3 Å². The standard InChI is InChI=1S/C17H19FN2O/c1-3-11-6-5-7-12(4-2)16(11)20-17(21)13-8-9-15(19)14(18)10-13/h5-10H,3-4,19H2,1-2H3,(H,20,21). The molecule has 0 unspecified atom stereocenters. The van der Waals surface area contributed by atoms with Gasteiger partial charge in [0.25, 0.3) is 5.91 Å². The van der Waals surface area contributed by atoms with Gasteiger partial charge < -0.3 is 11.1 Å². The van der Waals surface area contributed by atoms with E-state index in [-0.39, 0.29) is 17.2 Å². The van der Waals surface area contributed by atoms with Gasteiger partial charge in [0.2, 0.25) is 0 Å². The highest BCUT2D eigenvalue weighted by Gasteiger charge is 2.13. The average Bonchev–Trinajstić information content (AvgIpc) is 2.50. The fourth-order valence-corrected chi connectivity index (χ4v) is 2.26. The van der Waals surface area contributed by atoms with Gasteiger partial charge in [-0.05, 0) is 42.2 Å². The van der Waals surface area contributed by atoms with Crippen LogP contribution in [0, 0.1) is 5.82 Å². The number of halogens is 1. The molecule has 21 heavy (non-hydrogen) atoms. The molecule has 0 heterocycles. The minimum absolute atomic E-state index is 0.0368. The zero-order valence-corrected chi connectivity index (χ0v) is 12.2. The summed E-state index contributed by atoms with van der Waals surface area (Å²) in [6.45, 7) is 4.07. The number of para-hydroxylation sites is 1. The van der Waals surface area contributed by atoms with Gasteiger partial charge in [-0.25, -0.2) is 4.39 Å². The maximum absolute atomic E-state index is 13.5. The van der Waals surface area contributed by atoms with E-state index in [4.69, 9.17) is 5.73 Å². The van der Waals surface area contributed by atoms with Crippen LogP contribution in [0.25, 0.3) is 0 Å². The fourth-order valence-electron chi connectivity index (χ4n) is 2.26. The number of hydrogen-bond donors (Lipinski definition) is 2. The van der Waals surface area contributed by atoms with E-state index in [1.54, 1.807) is 0 Å². The first-order valence-electron chi connectivity index (χ1n) is 7.04. The third-order valence-electron chi connectivity index (χ3n) is 3.50. The fraction of sp³-hybridized carbons (Fsp3) is 0.235. The molecular formula is C17H19FN2O. The number of anilines is 2. The highest BCUT2D eigenvalue weighted by atomic mass is 19.1. The number of nitrogens with one attached hydrogen (secondary N) is 1. The summed E-state index contributed by atoms with van der Waals surface area (Å²) < 4.78 is 13.5. The number of hydrogen-bond acceptors (Lipinski definition) is 2. The Labute approximate surface area is 124 Å². The lowest BCUT2D eigenvalue weighted by molar-refractivity contribution is 0.102. The maximum atomic E-state index is 13.5. The Kier molecular flexibility index (Phi) is 4.58. The minimum atomic E-state index is -0.581. The lowest BCUT2D eigenvalue weighted by atomic mass is 10.0. The molecule has 110 valence electrons. The molecule has 0 spiro atoms. The highest BCUT2D eigenvalue weighted by molar-refractivity contribution is 6.05. The number of aryl methyl sites for hydroxylation is 2. The summed E-state index contributed by atoms with van der Waals surface area (Å²) in [5.74, 6) is -0.911. The molecule has 1 amide bonds. The highest BCUT2D eigenvalue weighted by Crippen LogP contribution is 2.23. The van der Waals surface area contributed by atoms with E-state index in [9.17, 15) is 9.18 Å². The van der Waals surface area contributed by atoms with Crippen molar-refractivity contribution in [3.8, 4) is 0 Å². The summed E-state index contributed by atoms with van der Waals surface area (Å²) in [6, 6.07) is 10.0. The van der Waals surface area contributed by atoms with Crippen molar-refractivity contribution in [3.63, 3.8) is 0 Å². The van der Waals surface area contributed by atoms with E-state index in [1.165, 1.54) is 12.1 Å². The van der Waals surface area contributed by atoms with Crippen LogP contribution < -0.4 is 11.1 Å². The van der Waals surface area contributed by atoms with E-state index in [0.717, 1.165) is 35.7 Å². The Morgan fingerprint density at radius 1 is 1.14 bits per heavy atom. The van der Waals surface area contributed by atoms with Gasteiger partial charge in [0.15, 0.2) is 0 Å². The lowest BCUT2D eigenvalue weighted by Gasteiger charge is -2.14. The second-order valence-corrected chi connectivity index (χ2v) is 4.85. The molecule has 4 heteroatoms. The van der Waals surface area contributed by atoms with Gasteiger partial charge in [-0.3, -0.25) is 4.79 Å². The number of nitrogens with two attached hydrogens (primary N) is 1. The van der Waals surface area contributed by atoms with E-state index < -0.39 is 5.82 Å². The quantitative estimate of drug-likeness (QED) is 0.840.